The summed E-state index contributed by atoms with van der Waals surface area (Å²) in [6.45, 7) is 13.3. The summed E-state index contributed by atoms with van der Waals surface area (Å²) >= 11 is 0. The van der Waals surface area contributed by atoms with E-state index in [1.807, 2.05) is 50.2 Å². The Balaban J connectivity index is 1.21. The lowest BCUT2D eigenvalue weighted by Crippen LogP contribution is -2.44. The van der Waals surface area contributed by atoms with Gasteiger partial charge in [0.05, 0.1) is 12.6 Å². The summed E-state index contributed by atoms with van der Waals surface area (Å²) in [6, 6.07) is 16.2. The van der Waals surface area contributed by atoms with Gasteiger partial charge < -0.3 is 14.6 Å². The van der Waals surface area contributed by atoms with Crippen molar-refractivity contribution in [1.82, 2.24) is 20.4 Å². The number of aryl methyl sites for hydroxylation is 1. The lowest BCUT2D eigenvalue weighted by molar-refractivity contribution is -0.127. The zero-order valence-electron chi connectivity index (χ0n) is 22.1. The molecule has 0 saturated carbocycles. The van der Waals surface area contributed by atoms with Gasteiger partial charge in [0.2, 0.25) is 17.6 Å². The van der Waals surface area contributed by atoms with Crippen LogP contribution in [-0.2, 0) is 16.8 Å². The Morgan fingerprint density at radius 3 is 2.50 bits per heavy atom. The molecule has 1 aliphatic rings. The summed E-state index contributed by atoms with van der Waals surface area (Å²) in [5.74, 6) is 2.20. The topological polar surface area (TPSA) is 80.5 Å². The molecule has 0 bridgehead atoms. The number of piperidine rings is 1. The number of para-hydroxylation sites is 1. The van der Waals surface area contributed by atoms with Crippen molar-refractivity contribution in [3.63, 3.8) is 0 Å². The van der Waals surface area contributed by atoms with Crippen molar-refractivity contribution in [3.05, 3.63) is 65.5 Å². The van der Waals surface area contributed by atoms with Crippen molar-refractivity contribution in [2.24, 2.45) is 5.92 Å². The summed E-state index contributed by atoms with van der Waals surface area (Å²) in [5.41, 5.74) is 3.43. The second kappa shape index (κ2) is 11.2. The molecule has 1 saturated heterocycles. The summed E-state index contributed by atoms with van der Waals surface area (Å²) in [4.78, 5) is 19.6. The van der Waals surface area contributed by atoms with Crippen molar-refractivity contribution < 1.29 is 14.1 Å². The number of rotatable bonds is 8. The minimum absolute atomic E-state index is 0.0155. The molecule has 0 aliphatic carbocycles. The molecule has 1 aliphatic heterocycles. The molecule has 2 aromatic carbocycles. The number of hydrogen-bond acceptors (Lipinski definition) is 6. The van der Waals surface area contributed by atoms with Gasteiger partial charge in [-0.15, -0.1) is 0 Å². The third-order valence-corrected chi connectivity index (χ3v) is 6.77. The number of nitrogens with one attached hydrogen (secondary N) is 1. The van der Waals surface area contributed by atoms with Crippen LogP contribution in [0.1, 0.15) is 57.6 Å². The first-order chi connectivity index (χ1) is 17.2. The van der Waals surface area contributed by atoms with E-state index >= 15 is 0 Å². The molecule has 3 aromatic rings. The highest BCUT2D eigenvalue weighted by atomic mass is 16.5. The third kappa shape index (κ3) is 6.72. The van der Waals surface area contributed by atoms with Crippen molar-refractivity contribution in [1.29, 1.82) is 0 Å². The maximum absolute atomic E-state index is 12.8. The fraction of sp³-hybridized carbons (Fsp3) is 0.483. The van der Waals surface area contributed by atoms with E-state index in [0.717, 1.165) is 42.8 Å². The standard InChI is InChI=1S/C29H38N4O3/c1-20-8-6-7-9-25(20)35-19-21(2)30-28(34)23-14-16-33(17-15-23)18-26-31-27(32-36-26)22-10-12-24(13-11-22)29(3,4)5/h6-13,21,23H,14-19H2,1-5H3,(H,30,34). The molecule has 192 valence electrons. The molecule has 1 amide bonds. The molecular weight excluding hydrogens is 452 g/mol. The average Bonchev–Trinajstić information content (AvgIpc) is 3.32. The van der Waals surface area contributed by atoms with Crippen molar-refractivity contribution in [2.75, 3.05) is 19.7 Å². The fourth-order valence-corrected chi connectivity index (χ4v) is 4.44. The molecule has 1 fully saturated rings. The van der Waals surface area contributed by atoms with E-state index in [4.69, 9.17) is 9.26 Å². The van der Waals surface area contributed by atoms with Gasteiger partial charge in [-0.1, -0.05) is 68.4 Å². The highest BCUT2D eigenvalue weighted by molar-refractivity contribution is 5.79. The van der Waals surface area contributed by atoms with Crippen LogP contribution >= 0.6 is 0 Å². The minimum atomic E-state index is -0.0515. The second-order valence-corrected chi connectivity index (χ2v) is 10.9. The minimum Gasteiger partial charge on any atom is -0.491 e. The highest BCUT2D eigenvalue weighted by Crippen LogP contribution is 2.25. The number of carbonyl (C=O) groups excluding carboxylic acids is 1. The predicted molar refractivity (Wildman–Crippen MR) is 141 cm³/mol. The van der Waals surface area contributed by atoms with Gasteiger partial charge in [0, 0.05) is 11.5 Å². The molecule has 2 heterocycles. The zero-order valence-corrected chi connectivity index (χ0v) is 22.1. The predicted octanol–water partition coefficient (Wildman–Crippen LogP) is 5.14. The molecule has 1 aromatic heterocycles. The van der Waals surface area contributed by atoms with Crippen molar-refractivity contribution >= 4 is 5.91 Å². The van der Waals surface area contributed by atoms with Gasteiger partial charge in [-0.3, -0.25) is 9.69 Å². The monoisotopic (exact) mass is 490 g/mol. The van der Waals surface area contributed by atoms with Crippen LogP contribution in [0.15, 0.2) is 53.1 Å². The Kier molecular flexibility index (Phi) is 8.09. The van der Waals surface area contributed by atoms with Crippen LogP contribution in [0.2, 0.25) is 0 Å². The quantitative estimate of drug-likeness (QED) is 0.471. The number of amides is 1. The van der Waals surface area contributed by atoms with Crippen LogP contribution in [0.3, 0.4) is 0 Å². The van der Waals surface area contributed by atoms with Crippen molar-refractivity contribution in [2.45, 2.75) is 65.5 Å². The molecule has 0 radical (unpaired) electrons. The van der Waals surface area contributed by atoms with Crippen LogP contribution in [0.25, 0.3) is 11.4 Å². The number of nitrogens with zero attached hydrogens (tertiary/aromatic N) is 3. The van der Waals surface area contributed by atoms with Gasteiger partial charge in [-0.05, 0) is 62.4 Å². The third-order valence-electron chi connectivity index (χ3n) is 6.77. The van der Waals surface area contributed by atoms with Crippen LogP contribution in [-0.4, -0.2) is 46.7 Å². The number of ether oxygens (including phenoxy) is 1. The maximum Gasteiger partial charge on any atom is 0.241 e. The number of likely N-dealkylation sites (tertiary alicyclic amines) is 1. The van der Waals surface area contributed by atoms with E-state index in [9.17, 15) is 4.79 Å². The lowest BCUT2D eigenvalue weighted by Gasteiger charge is -2.30. The fourth-order valence-electron chi connectivity index (χ4n) is 4.44. The molecule has 4 rings (SSSR count). The largest absolute Gasteiger partial charge is 0.491 e. The van der Waals surface area contributed by atoms with Crippen LogP contribution in [0, 0.1) is 12.8 Å². The smallest absolute Gasteiger partial charge is 0.241 e. The molecule has 0 spiro atoms. The number of carbonyl (C=O) groups is 1. The Hall–Kier alpha value is -3.19. The molecule has 36 heavy (non-hydrogen) atoms. The van der Waals surface area contributed by atoms with Gasteiger partial charge in [0.1, 0.15) is 12.4 Å². The van der Waals surface area contributed by atoms with E-state index in [2.05, 4.69) is 53.3 Å². The van der Waals surface area contributed by atoms with Crippen LogP contribution in [0.4, 0.5) is 0 Å². The Bertz CT molecular complexity index is 1140. The summed E-state index contributed by atoms with van der Waals surface area (Å²) in [7, 11) is 0. The lowest BCUT2D eigenvalue weighted by atomic mass is 9.87. The second-order valence-electron chi connectivity index (χ2n) is 10.9. The van der Waals surface area contributed by atoms with Gasteiger partial charge in [-0.25, -0.2) is 0 Å². The van der Waals surface area contributed by atoms with Crippen LogP contribution < -0.4 is 10.1 Å². The van der Waals surface area contributed by atoms with Gasteiger partial charge in [0.15, 0.2) is 0 Å². The zero-order chi connectivity index (χ0) is 25.7. The summed E-state index contributed by atoms with van der Waals surface area (Å²) in [5, 5.41) is 7.29. The average molecular weight is 491 g/mol. The molecular formula is C29H38N4O3. The summed E-state index contributed by atoms with van der Waals surface area (Å²) < 4.78 is 11.4. The van der Waals surface area contributed by atoms with E-state index in [0.29, 0.717) is 24.9 Å². The number of hydrogen-bond donors (Lipinski definition) is 1. The van der Waals surface area contributed by atoms with E-state index in [-0.39, 0.29) is 23.3 Å². The number of aromatic nitrogens is 2. The molecule has 7 nitrogen and oxygen atoms in total. The van der Waals surface area contributed by atoms with E-state index < -0.39 is 0 Å². The Labute approximate surface area is 214 Å². The van der Waals surface area contributed by atoms with Gasteiger partial charge >= 0.3 is 0 Å². The first-order valence-corrected chi connectivity index (χ1v) is 12.8. The SMILES string of the molecule is Cc1ccccc1OCC(C)NC(=O)C1CCN(Cc2nc(-c3ccc(C(C)(C)C)cc3)no2)CC1. The first kappa shape index (κ1) is 25.9. The first-order valence-electron chi connectivity index (χ1n) is 12.8. The normalized spacial score (nSPS) is 16.0. The van der Waals surface area contributed by atoms with Gasteiger partial charge in [-0.2, -0.15) is 4.98 Å². The van der Waals surface area contributed by atoms with Crippen molar-refractivity contribution in [3.8, 4) is 17.1 Å². The molecule has 1 atom stereocenters. The van der Waals surface area contributed by atoms with Crippen LogP contribution in [0.5, 0.6) is 5.75 Å². The van der Waals surface area contributed by atoms with E-state index in [1.54, 1.807) is 0 Å². The molecule has 7 heteroatoms. The highest BCUT2D eigenvalue weighted by Gasteiger charge is 2.27. The summed E-state index contributed by atoms with van der Waals surface area (Å²) in [6.07, 6.45) is 1.62. The number of benzene rings is 2. The maximum atomic E-state index is 12.8. The van der Waals surface area contributed by atoms with E-state index in [1.165, 1.54) is 5.56 Å². The molecule has 1 unspecified atom stereocenters. The Morgan fingerprint density at radius 1 is 1.14 bits per heavy atom. The Morgan fingerprint density at radius 2 is 1.83 bits per heavy atom. The van der Waals surface area contributed by atoms with Gasteiger partial charge in [0.25, 0.3) is 0 Å². The molecule has 1 N–H and O–H groups in total.